The molecule has 0 atom stereocenters. The molecular formula is C34H32ClFN4O3. The van der Waals surface area contributed by atoms with Crippen LogP contribution < -0.4 is 10.2 Å². The van der Waals surface area contributed by atoms with Crippen LogP contribution in [0.25, 0.3) is 0 Å². The number of anilines is 2. The molecule has 1 saturated heterocycles. The predicted molar refractivity (Wildman–Crippen MR) is 167 cm³/mol. The monoisotopic (exact) mass is 598 g/mol. The third-order valence-corrected chi connectivity index (χ3v) is 7.63. The summed E-state index contributed by atoms with van der Waals surface area (Å²) >= 11 is 5.98. The topological polar surface area (TPSA) is 73.0 Å². The summed E-state index contributed by atoms with van der Waals surface area (Å²) in [6.07, 6.45) is 0. The van der Waals surface area contributed by atoms with E-state index in [-0.39, 0.29) is 36.6 Å². The van der Waals surface area contributed by atoms with Crippen LogP contribution in [-0.4, -0.2) is 60.2 Å². The normalized spacial score (nSPS) is 13.0. The van der Waals surface area contributed by atoms with Crippen LogP contribution in [0.2, 0.25) is 5.02 Å². The van der Waals surface area contributed by atoms with Gasteiger partial charge in [-0.1, -0.05) is 41.4 Å². The molecule has 7 nitrogen and oxygen atoms in total. The fourth-order valence-corrected chi connectivity index (χ4v) is 5.09. The highest BCUT2D eigenvalue weighted by molar-refractivity contribution is 6.30. The molecule has 0 spiro atoms. The summed E-state index contributed by atoms with van der Waals surface area (Å²) in [7, 11) is 0. The Morgan fingerprint density at radius 1 is 0.791 bits per heavy atom. The molecule has 9 heteroatoms. The highest BCUT2D eigenvalue weighted by Gasteiger charge is 2.23. The summed E-state index contributed by atoms with van der Waals surface area (Å²) in [6.45, 7) is 4.58. The average molecular weight is 599 g/mol. The molecule has 3 amide bonds. The molecule has 0 radical (unpaired) electrons. The molecular weight excluding hydrogens is 567 g/mol. The lowest BCUT2D eigenvalue weighted by molar-refractivity contribution is -0.117. The molecule has 1 aliphatic rings. The smallest absolute Gasteiger partial charge is 0.254 e. The number of rotatable bonds is 8. The number of nitrogens with zero attached hydrogens (tertiary/aromatic N) is 3. The summed E-state index contributed by atoms with van der Waals surface area (Å²) in [6, 6.07) is 27.4. The molecule has 43 heavy (non-hydrogen) atoms. The fourth-order valence-electron chi connectivity index (χ4n) is 4.96. The van der Waals surface area contributed by atoms with E-state index in [4.69, 9.17) is 11.6 Å². The van der Waals surface area contributed by atoms with Gasteiger partial charge in [0, 0.05) is 60.2 Å². The van der Waals surface area contributed by atoms with E-state index < -0.39 is 0 Å². The zero-order valence-electron chi connectivity index (χ0n) is 23.8. The van der Waals surface area contributed by atoms with E-state index in [1.807, 2.05) is 60.4 Å². The average Bonchev–Trinajstić information content (AvgIpc) is 3.02. The maximum absolute atomic E-state index is 13.4. The molecule has 4 aromatic carbocycles. The maximum Gasteiger partial charge on any atom is 0.254 e. The summed E-state index contributed by atoms with van der Waals surface area (Å²) in [4.78, 5) is 44.7. The van der Waals surface area contributed by atoms with Crippen LogP contribution in [0.3, 0.4) is 0 Å². The second kappa shape index (κ2) is 13.5. The number of hydrogen-bond acceptors (Lipinski definition) is 4. The predicted octanol–water partition coefficient (Wildman–Crippen LogP) is 6.03. The number of piperazine rings is 1. The van der Waals surface area contributed by atoms with E-state index in [0.717, 1.165) is 11.3 Å². The summed E-state index contributed by atoms with van der Waals surface area (Å²) < 4.78 is 13.4. The van der Waals surface area contributed by atoms with Crippen molar-refractivity contribution in [1.29, 1.82) is 0 Å². The minimum absolute atomic E-state index is 0.0423. The number of aryl methyl sites for hydroxylation is 1. The lowest BCUT2D eigenvalue weighted by Gasteiger charge is -2.36. The second-order valence-corrected chi connectivity index (χ2v) is 11.0. The van der Waals surface area contributed by atoms with E-state index in [0.29, 0.717) is 53.6 Å². The lowest BCUT2D eigenvalue weighted by atomic mass is 10.1. The first-order valence-electron chi connectivity index (χ1n) is 14.1. The van der Waals surface area contributed by atoms with Gasteiger partial charge in [-0.05, 0) is 85.3 Å². The SMILES string of the molecule is Cc1ccc(C(=O)N2CCN(c3ccc(NC(=O)CN(Cc4ccc(F)cc4)C(=O)c4ccc(Cl)cc4)cc3)CC2)cc1. The molecule has 0 aliphatic carbocycles. The molecule has 1 aliphatic heterocycles. The highest BCUT2D eigenvalue weighted by Crippen LogP contribution is 2.21. The summed E-state index contributed by atoms with van der Waals surface area (Å²) in [5.41, 5.74) is 4.50. The van der Waals surface area contributed by atoms with Crippen LogP contribution >= 0.6 is 11.6 Å². The molecule has 1 fully saturated rings. The van der Waals surface area contributed by atoms with Crippen LogP contribution in [0.4, 0.5) is 15.8 Å². The van der Waals surface area contributed by atoms with E-state index in [1.165, 1.54) is 17.0 Å². The van der Waals surface area contributed by atoms with Crippen molar-refractivity contribution >= 4 is 40.7 Å². The summed E-state index contributed by atoms with van der Waals surface area (Å²) in [5.74, 6) is -1.04. The van der Waals surface area contributed by atoms with Crippen molar-refractivity contribution in [1.82, 2.24) is 9.80 Å². The van der Waals surface area contributed by atoms with E-state index >= 15 is 0 Å². The number of amides is 3. The third kappa shape index (κ3) is 7.78. The van der Waals surface area contributed by atoms with Crippen LogP contribution in [0.5, 0.6) is 0 Å². The molecule has 1 heterocycles. The van der Waals surface area contributed by atoms with Gasteiger partial charge in [0.25, 0.3) is 11.8 Å². The Morgan fingerprint density at radius 2 is 1.40 bits per heavy atom. The first-order valence-corrected chi connectivity index (χ1v) is 14.4. The molecule has 220 valence electrons. The molecule has 1 N–H and O–H groups in total. The molecule has 5 rings (SSSR count). The van der Waals surface area contributed by atoms with Gasteiger partial charge in [-0.25, -0.2) is 4.39 Å². The van der Waals surface area contributed by atoms with Crippen molar-refractivity contribution in [3.8, 4) is 0 Å². The first kappa shape index (κ1) is 29.8. The second-order valence-electron chi connectivity index (χ2n) is 10.5. The number of hydrogen-bond donors (Lipinski definition) is 1. The van der Waals surface area contributed by atoms with Crippen LogP contribution in [0.1, 0.15) is 31.8 Å². The van der Waals surface area contributed by atoms with Gasteiger partial charge in [-0.2, -0.15) is 0 Å². The van der Waals surface area contributed by atoms with Gasteiger partial charge in [0.1, 0.15) is 12.4 Å². The Morgan fingerprint density at radius 3 is 2.02 bits per heavy atom. The first-order chi connectivity index (χ1) is 20.7. The van der Waals surface area contributed by atoms with Crippen molar-refractivity contribution in [2.24, 2.45) is 0 Å². The lowest BCUT2D eigenvalue weighted by Crippen LogP contribution is -2.48. The number of nitrogens with one attached hydrogen (secondary N) is 1. The Bertz CT molecular complexity index is 1570. The maximum atomic E-state index is 13.4. The molecule has 0 bridgehead atoms. The standard InChI is InChI=1S/C34H32ClFN4O3/c1-24-2-6-26(7-3-24)33(42)39-20-18-38(19-21-39)31-16-14-30(15-17-31)37-32(41)23-40(22-25-4-12-29(36)13-5-25)34(43)27-8-10-28(35)11-9-27/h2-17H,18-23H2,1H3,(H,37,41). The van der Waals surface area contributed by atoms with Gasteiger partial charge >= 0.3 is 0 Å². The zero-order chi connectivity index (χ0) is 30.3. The Kier molecular flexibility index (Phi) is 9.37. The molecule has 0 saturated carbocycles. The van der Waals surface area contributed by atoms with Gasteiger partial charge in [0.2, 0.25) is 5.91 Å². The van der Waals surface area contributed by atoms with Gasteiger partial charge in [-0.15, -0.1) is 0 Å². The molecule has 4 aromatic rings. The van der Waals surface area contributed by atoms with Crippen LogP contribution in [0, 0.1) is 12.7 Å². The number of carbonyl (C=O) groups is 3. The van der Waals surface area contributed by atoms with Crippen LogP contribution in [0.15, 0.2) is 97.1 Å². The Balaban J connectivity index is 1.18. The molecule has 0 aromatic heterocycles. The van der Waals surface area contributed by atoms with Crippen molar-refractivity contribution < 1.29 is 18.8 Å². The van der Waals surface area contributed by atoms with Crippen LogP contribution in [-0.2, 0) is 11.3 Å². The Hall–Kier alpha value is -4.69. The van der Waals surface area contributed by atoms with Gasteiger partial charge in [0.05, 0.1) is 0 Å². The molecule has 0 unspecified atom stereocenters. The van der Waals surface area contributed by atoms with Crippen molar-refractivity contribution in [2.75, 3.05) is 42.9 Å². The van der Waals surface area contributed by atoms with Crippen molar-refractivity contribution in [3.05, 3.63) is 130 Å². The van der Waals surface area contributed by atoms with Gasteiger partial charge in [0.15, 0.2) is 0 Å². The third-order valence-electron chi connectivity index (χ3n) is 7.38. The van der Waals surface area contributed by atoms with Crippen molar-refractivity contribution in [2.45, 2.75) is 13.5 Å². The van der Waals surface area contributed by atoms with E-state index in [2.05, 4.69) is 10.2 Å². The van der Waals surface area contributed by atoms with Crippen molar-refractivity contribution in [3.63, 3.8) is 0 Å². The summed E-state index contributed by atoms with van der Waals surface area (Å²) in [5, 5.41) is 3.37. The number of carbonyl (C=O) groups excluding carboxylic acids is 3. The number of benzene rings is 4. The largest absolute Gasteiger partial charge is 0.368 e. The Labute approximate surface area is 255 Å². The number of halogens is 2. The minimum Gasteiger partial charge on any atom is -0.368 e. The zero-order valence-corrected chi connectivity index (χ0v) is 24.6. The minimum atomic E-state index is -0.377. The van der Waals surface area contributed by atoms with E-state index in [9.17, 15) is 18.8 Å². The van der Waals surface area contributed by atoms with Gasteiger partial charge < -0.3 is 20.0 Å². The fraction of sp³-hybridized carbons (Fsp3) is 0.206. The quantitative estimate of drug-likeness (QED) is 0.269. The van der Waals surface area contributed by atoms with E-state index in [1.54, 1.807) is 36.4 Å². The van der Waals surface area contributed by atoms with Gasteiger partial charge in [-0.3, -0.25) is 14.4 Å². The highest BCUT2D eigenvalue weighted by atomic mass is 35.5.